The van der Waals surface area contributed by atoms with Crippen molar-refractivity contribution in [3.63, 3.8) is 0 Å². The number of benzene rings is 3. The molecule has 0 saturated heterocycles. The van der Waals surface area contributed by atoms with Gasteiger partial charge in [-0.2, -0.15) is 0 Å². The second-order valence-corrected chi connectivity index (χ2v) is 7.83. The van der Waals surface area contributed by atoms with E-state index in [1.165, 1.54) is 11.0 Å². The van der Waals surface area contributed by atoms with Crippen LogP contribution in [-0.4, -0.2) is 22.7 Å². The number of hydrogen-bond donors (Lipinski definition) is 1. The largest absolute Gasteiger partial charge is 0.503 e. The predicted octanol–water partition coefficient (Wildman–Crippen LogP) is 5.05. The van der Waals surface area contributed by atoms with Crippen molar-refractivity contribution in [3.8, 4) is 11.5 Å². The summed E-state index contributed by atoms with van der Waals surface area (Å²) < 4.78 is 38.5. The maximum Gasteiger partial charge on any atom is 0.290 e. The van der Waals surface area contributed by atoms with E-state index in [0.29, 0.717) is 28.2 Å². The Labute approximate surface area is 183 Å². The first-order valence-electron chi connectivity index (χ1n) is 10.1. The number of ether oxygens (including phenoxy) is 2. The van der Waals surface area contributed by atoms with Crippen molar-refractivity contribution in [1.82, 2.24) is 4.90 Å². The van der Waals surface area contributed by atoms with Crippen LogP contribution < -0.4 is 9.47 Å². The second kappa shape index (κ2) is 7.67. The van der Waals surface area contributed by atoms with Gasteiger partial charge < -0.3 is 19.5 Å². The van der Waals surface area contributed by atoms with E-state index < -0.39 is 29.3 Å². The molecule has 5 nitrogen and oxygen atoms in total. The van der Waals surface area contributed by atoms with E-state index in [0.717, 1.165) is 23.3 Å². The summed E-state index contributed by atoms with van der Waals surface area (Å²) >= 11 is 0. The van der Waals surface area contributed by atoms with Crippen LogP contribution in [0.1, 0.15) is 28.3 Å². The van der Waals surface area contributed by atoms with E-state index in [2.05, 4.69) is 0 Å². The van der Waals surface area contributed by atoms with Gasteiger partial charge in [-0.05, 0) is 47.9 Å². The van der Waals surface area contributed by atoms with Crippen LogP contribution >= 0.6 is 0 Å². The molecule has 0 bridgehead atoms. The maximum absolute atomic E-state index is 14.1. The summed E-state index contributed by atoms with van der Waals surface area (Å²) in [5.41, 5.74) is 3.09. The Morgan fingerprint density at radius 3 is 2.47 bits per heavy atom. The number of aliphatic hydroxyl groups excluding tert-OH is 1. The summed E-state index contributed by atoms with van der Waals surface area (Å²) in [5.74, 6) is -1.83. The number of nitrogens with zero attached hydrogens (tertiary/aromatic N) is 1. The van der Waals surface area contributed by atoms with Crippen LogP contribution in [0, 0.1) is 18.6 Å². The normalized spacial score (nSPS) is 17.4. The Kier molecular flexibility index (Phi) is 4.81. The maximum atomic E-state index is 14.1. The molecule has 2 aliphatic rings. The lowest BCUT2D eigenvalue weighted by Gasteiger charge is -2.27. The molecule has 0 saturated carbocycles. The molecule has 2 heterocycles. The summed E-state index contributed by atoms with van der Waals surface area (Å²) in [4.78, 5) is 14.6. The van der Waals surface area contributed by atoms with Crippen molar-refractivity contribution in [2.75, 3.05) is 6.79 Å². The average Bonchev–Trinajstić information content (AvgIpc) is 3.34. The van der Waals surface area contributed by atoms with Crippen LogP contribution in [-0.2, 0) is 11.3 Å². The first kappa shape index (κ1) is 20.1. The molecule has 7 heteroatoms. The number of hydrogen-bond acceptors (Lipinski definition) is 4. The van der Waals surface area contributed by atoms with E-state index in [1.807, 2.05) is 19.1 Å². The van der Waals surface area contributed by atoms with Crippen LogP contribution in [0.15, 0.2) is 66.4 Å². The van der Waals surface area contributed by atoms with E-state index in [-0.39, 0.29) is 13.3 Å². The monoisotopic (exact) mass is 435 g/mol. The van der Waals surface area contributed by atoms with Gasteiger partial charge >= 0.3 is 0 Å². The van der Waals surface area contributed by atoms with Crippen molar-refractivity contribution >= 4 is 11.5 Å². The minimum absolute atomic E-state index is 0.124. The Balaban J connectivity index is 1.59. The highest BCUT2D eigenvalue weighted by Gasteiger charge is 2.41. The SMILES string of the molecule is Cc1ccc(C2=C(O)C(=O)N(Cc3ccc4c(c3)OCO4)[C@H]2c2ccc(F)c(F)c2)cc1. The fourth-order valence-electron chi connectivity index (χ4n) is 4.11. The molecule has 3 aromatic carbocycles. The second-order valence-electron chi connectivity index (χ2n) is 7.83. The summed E-state index contributed by atoms with van der Waals surface area (Å²) in [7, 11) is 0. The molecule has 0 fully saturated rings. The fraction of sp³-hybridized carbons (Fsp3) is 0.160. The highest BCUT2D eigenvalue weighted by molar-refractivity contribution is 6.05. The summed E-state index contributed by atoms with van der Waals surface area (Å²) in [6.07, 6.45) is 0. The summed E-state index contributed by atoms with van der Waals surface area (Å²) in [6, 6.07) is 15.3. The summed E-state index contributed by atoms with van der Waals surface area (Å²) in [5, 5.41) is 10.8. The molecular weight excluding hydrogens is 416 g/mol. The van der Waals surface area contributed by atoms with Crippen LogP contribution in [0.25, 0.3) is 5.57 Å². The van der Waals surface area contributed by atoms with Crippen LogP contribution in [0.2, 0.25) is 0 Å². The smallest absolute Gasteiger partial charge is 0.290 e. The fourth-order valence-corrected chi connectivity index (χ4v) is 4.11. The van der Waals surface area contributed by atoms with Crippen molar-refractivity contribution < 1.29 is 28.2 Å². The third-order valence-electron chi connectivity index (χ3n) is 5.72. The molecule has 3 aromatic rings. The van der Waals surface area contributed by atoms with Gasteiger partial charge in [0.15, 0.2) is 28.9 Å². The number of rotatable bonds is 4. The Hall–Kier alpha value is -3.87. The molecule has 1 N–H and O–H groups in total. The first-order valence-corrected chi connectivity index (χ1v) is 10.1. The number of carbonyl (C=O) groups is 1. The zero-order valence-corrected chi connectivity index (χ0v) is 17.1. The molecule has 2 aliphatic heterocycles. The molecular formula is C25H19F2NO4. The molecule has 0 unspecified atom stereocenters. The molecule has 32 heavy (non-hydrogen) atoms. The quantitative estimate of drug-likeness (QED) is 0.623. The van der Waals surface area contributed by atoms with Gasteiger partial charge in [-0.15, -0.1) is 0 Å². The van der Waals surface area contributed by atoms with Gasteiger partial charge in [0, 0.05) is 12.1 Å². The van der Waals surface area contributed by atoms with Gasteiger partial charge in [-0.25, -0.2) is 8.78 Å². The minimum atomic E-state index is -1.02. The van der Waals surface area contributed by atoms with E-state index >= 15 is 0 Å². The number of halogens is 2. The van der Waals surface area contributed by atoms with Gasteiger partial charge in [-0.3, -0.25) is 4.79 Å². The highest BCUT2D eigenvalue weighted by Crippen LogP contribution is 2.44. The predicted molar refractivity (Wildman–Crippen MR) is 113 cm³/mol. The zero-order chi connectivity index (χ0) is 22.4. The molecule has 0 radical (unpaired) electrons. The number of amides is 1. The first-order chi connectivity index (χ1) is 15.4. The minimum Gasteiger partial charge on any atom is -0.503 e. The lowest BCUT2D eigenvalue weighted by Crippen LogP contribution is -2.30. The van der Waals surface area contributed by atoms with E-state index in [1.54, 1.807) is 30.3 Å². The van der Waals surface area contributed by atoms with Gasteiger partial charge in [-0.1, -0.05) is 42.0 Å². The Bertz CT molecular complexity index is 1250. The van der Waals surface area contributed by atoms with E-state index in [4.69, 9.17) is 9.47 Å². The van der Waals surface area contributed by atoms with Crippen LogP contribution in [0.5, 0.6) is 11.5 Å². The molecule has 5 rings (SSSR count). The third-order valence-corrected chi connectivity index (χ3v) is 5.72. The number of aryl methyl sites for hydroxylation is 1. The number of aliphatic hydroxyl groups is 1. The summed E-state index contributed by atoms with van der Waals surface area (Å²) in [6.45, 7) is 2.17. The van der Waals surface area contributed by atoms with Crippen molar-refractivity contribution in [1.29, 1.82) is 0 Å². The molecule has 1 atom stereocenters. The lowest BCUT2D eigenvalue weighted by molar-refractivity contribution is -0.130. The third kappa shape index (κ3) is 3.36. The Morgan fingerprint density at radius 1 is 0.969 bits per heavy atom. The molecule has 162 valence electrons. The number of carbonyl (C=O) groups excluding carboxylic acids is 1. The van der Waals surface area contributed by atoms with Crippen LogP contribution in [0.4, 0.5) is 8.78 Å². The zero-order valence-electron chi connectivity index (χ0n) is 17.1. The van der Waals surface area contributed by atoms with Crippen LogP contribution in [0.3, 0.4) is 0 Å². The van der Waals surface area contributed by atoms with Gasteiger partial charge in [0.25, 0.3) is 5.91 Å². The lowest BCUT2D eigenvalue weighted by atomic mass is 9.92. The average molecular weight is 435 g/mol. The molecule has 0 spiro atoms. The number of fused-ring (bicyclic) bond motifs is 1. The molecule has 0 aliphatic carbocycles. The topological polar surface area (TPSA) is 59.0 Å². The Morgan fingerprint density at radius 2 is 1.72 bits per heavy atom. The highest BCUT2D eigenvalue weighted by atomic mass is 19.2. The van der Waals surface area contributed by atoms with E-state index in [9.17, 15) is 18.7 Å². The van der Waals surface area contributed by atoms with Crippen molar-refractivity contribution in [2.45, 2.75) is 19.5 Å². The standard InChI is InChI=1S/C25H19F2NO4/c1-14-2-5-16(6-3-14)22-23(17-7-8-18(26)19(27)11-17)28(25(30)24(22)29)12-15-4-9-20-21(10-15)32-13-31-20/h2-11,23,29H,12-13H2,1H3/t23-/m0/s1. The molecule has 0 aromatic heterocycles. The van der Waals surface area contributed by atoms with Gasteiger partial charge in [0.2, 0.25) is 6.79 Å². The van der Waals surface area contributed by atoms with Gasteiger partial charge in [0.1, 0.15) is 0 Å². The van der Waals surface area contributed by atoms with Crippen molar-refractivity contribution in [3.05, 3.63) is 100 Å². The molecule has 1 amide bonds. The van der Waals surface area contributed by atoms with Gasteiger partial charge in [0.05, 0.1) is 6.04 Å². The van der Waals surface area contributed by atoms with Crippen molar-refractivity contribution in [2.24, 2.45) is 0 Å².